The SMILES string of the molecule is C.CO[Si](OC)(OC)C(CC1([SiH3])CCCCO1)CC1([SiH3])CCCCO1. The van der Waals surface area contributed by atoms with Crippen molar-refractivity contribution in [3.63, 3.8) is 0 Å². The summed E-state index contributed by atoms with van der Waals surface area (Å²) in [5.41, 5.74) is 0.240. The smallest absolute Gasteiger partial charge is 0.380 e. The van der Waals surface area contributed by atoms with E-state index in [1.807, 2.05) is 0 Å². The largest absolute Gasteiger partial charge is 0.503 e. The Labute approximate surface area is 161 Å². The normalized spacial score (nSPS) is 32.3. The zero-order chi connectivity index (χ0) is 17.7. The van der Waals surface area contributed by atoms with Crippen LogP contribution in [0.15, 0.2) is 0 Å². The second-order valence-electron chi connectivity index (χ2n) is 7.83. The molecule has 0 saturated carbocycles. The molecule has 2 unspecified atom stereocenters. The lowest BCUT2D eigenvalue weighted by Gasteiger charge is -2.44. The minimum Gasteiger partial charge on any atom is -0.380 e. The van der Waals surface area contributed by atoms with Gasteiger partial charge in [0.15, 0.2) is 0 Å². The molecule has 2 aliphatic rings. The van der Waals surface area contributed by atoms with Crippen molar-refractivity contribution in [1.82, 2.24) is 0 Å². The van der Waals surface area contributed by atoms with E-state index in [-0.39, 0.29) is 23.4 Å². The van der Waals surface area contributed by atoms with Crippen LogP contribution in [0.3, 0.4) is 0 Å². The van der Waals surface area contributed by atoms with Crippen LogP contribution in [0.2, 0.25) is 5.54 Å². The summed E-state index contributed by atoms with van der Waals surface area (Å²) in [5.74, 6) is 0. The summed E-state index contributed by atoms with van der Waals surface area (Å²) in [7, 11) is 4.53. The van der Waals surface area contributed by atoms with Crippen LogP contribution in [-0.2, 0) is 22.8 Å². The number of rotatable bonds is 8. The first-order valence-electron chi connectivity index (χ1n) is 9.34. The van der Waals surface area contributed by atoms with Crippen molar-refractivity contribution in [1.29, 1.82) is 0 Å². The zero-order valence-electron chi connectivity index (χ0n) is 16.2. The van der Waals surface area contributed by atoms with Gasteiger partial charge in [-0.1, -0.05) is 7.43 Å². The number of hydrogen-bond donors (Lipinski definition) is 0. The highest BCUT2D eigenvalue weighted by Gasteiger charge is 2.52. The summed E-state index contributed by atoms with van der Waals surface area (Å²) in [6.45, 7) is 1.78. The standard InChI is InChI=1S/C16H36O5Si3.CH4/c1-17-24(18-2,19-3)14(12-15(22)8-4-6-10-20-15)13-16(23)9-5-7-11-21-16;/h14H,4-13H2,1-3,22-23H3;1H4. The van der Waals surface area contributed by atoms with Gasteiger partial charge in [0, 0.05) is 71.0 Å². The molecular weight excluding hydrogens is 368 g/mol. The molecule has 2 aliphatic heterocycles. The van der Waals surface area contributed by atoms with E-state index in [0.717, 1.165) is 59.4 Å². The molecule has 0 aromatic carbocycles. The van der Waals surface area contributed by atoms with Crippen LogP contribution in [0.5, 0.6) is 0 Å². The lowest BCUT2D eigenvalue weighted by atomic mass is 9.97. The van der Waals surface area contributed by atoms with Gasteiger partial charge in [-0.3, -0.25) is 0 Å². The summed E-state index contributed by atoms with van der Waals surface area (Å²) < 4.78 is 30.1. The minimum absolute atomic E-state index is 0. The van der Waals surface area contributed by atoms with Crippen molar-refractivity contribution < 1.29 is 22.8 Å². The third-order valence-corrected chi connectivity index (χ3v) is 11.3. The van der Waals surface area contributed by atoms with E-state index in [4.69, 9.17) is 22.8 Å². The molecule has 2 heterocycles. The molecule has 0 radical (unpaired) electrons. The van der Waals surface area contributed by atoms with E-state index in [0.29, 0.717) is 0 Å². The summed E-state index contributed by atoms with van der Waals surface area (Å²) in [6, 6.07) is 0. The van der Waals surface area contributed by atoms with Crippen molar-refractivity contribution in [2.45, 2.75) is 74.8 Å². The van der Waals surface area contributed by atoms with Crippen molar-refractivity contribution in [2.75, 3.05) is 34.5 Å². The maximum Gasteiger partial charge on any atom is 0.503 e. The van der Waals surface area contributed by atoms with Gasteiger partial charge in [0.25, 0.3) is 0 Å². The molecule has 0 aliphatic carbocycles. The fraction of sp³-hybridized carbons (Fsp3) is 1.00. The quantitative estimate of drug-likeness (QED) is 0.564. The Morgan fingerprint density at radius 1 is 0.840 bits per heavy atom. The lowest BCUT2D eigenvalue weighted by molar-refractivity contribution is -0.0495. The molecular formula is C17H40O5Si3. The van der Waals surface area contributed by atoms with Crippen LogP contribution in [0.1, 0.15) is 58.8 Å². The van der Waals surface area contributed by atoms with Crippen LogP contribution in [-0.4, -0.2) is 74.3 Å². The van der Waals surface area contributed by atoms with Gasteiger partial charge in [-0.15, -0.1) is 0 Å². The maximum absolute atomic E-state index is 6.23. The Morgan fingerprint density at radius 2 is 1.24 bits per heavy atom. The zero-order valence-corrected chi connectivity index (χ0v) is 21.2. The van der Waals surface area contributed by atoms with Crippen LogP contribution >= 0.6 is 0 Å². The highest BCUT2D eigenvalue weighted by Crippen LogP contribution is 2.43. The highest BCUT2D eigenvalue weighted by atomic mass is 28.4. The Bertz CT molecular complexity index is 346. The molecule has 8 heteroatoms. The molecule has 5 nitrogen and oxygen atoms in total. The molecule has 2 rings (SSSR count). The van der Waals surface area contributed by atoms with Gasteiger partial charge < -0.3 is 22.8 Å². The Morgan fingerprint density at radius 3 is 1.52 bits per heavy atom. The first kappa shape index (κ1) is 23.5. The Balaban J connectivity index is 0.00000312. The van der Waals surface area contributed by atoms with Gasteiger partial charge in [0.05, 0.1) is 0 Å². The molecule has 25 heavy (non-hydrogen) atoms. The van der Waals surface area contributed by atoms with Crippen molar-refractivity contribution >= 4 is 29.3 Å². The van der Waals surface area contributed by atoms with Crippen LogP contribution in [0.25, 0.3) is 0 Å². The average molecular weight is 409 g/mol. The molecule has 0 aromatic rings. The van der Waals surface area contributed by atoms with E-state index in [2.05, 4.69) is 0 Å². The van der Waals surface area contributed by atoms with E-state index >= 15 is 0 Å². The second kappa shape index (κ2) is 10.1. The third kappa shape index (κ3) is 5.97. The van der Waals surface area contributed by atoms with Crippen molar-refractivity contribution in [3.05, 3.63) is 0 Å². The maximum atomic E-state index is 6.23. The monoisotopic (exact) mass is 408 g/mol. The minimum atomic E-state index is -2.72. The molecule has 2 saturated heterocycles. The highest BCUT2D eigenvalue weighted by molar-refractivity contribution is 6.62. The van der Waals surface area contributed by atoms with Gasteiger partial charge >= 0.3 is 8.80 Å². The van der Waals surface area contributed by atoms with E-state index < -0.39 is 8.80 Å². The van der Waals surface area contributed by atoms with Gasteiger partial charge in [-0.2, -0.15) is 0 Å². The summed E-state index contributed by atoms with van der Waals surface area (Å²) in [4.78, 5) is 0. The van der Waals surface area contributed by atoms with Crippen LogP contribution in [0, 0.1) is 0 Å². The molecule has 0 aromatic heterocycles. The van der Waals surface area contributed by atoms with Gasteiger partial charge in [0.2, 0.25) is 0 Å². The lowest BCUT2D eigenvalue weighted by Crippen LogP contribution is -2.54. The Kier molecular flexibility index (Phi) is 9.51. The first-order chi connectivity index (χ1) is 11.4. The predicted molar refractivity (Wildman–Crippen MR) is 111 cm³/mol. The first-order valence-corrected chi connectivity index (χ1v) is 13.1. The summed E-state index contributed by atoms with van der Waals surface area (Å²) >= 11 is 0. The summed E-state index contributed by atoms with van der Waals surface area (Å²) in [5, 5.41) is 0.0622. The molecule has 2 fully saturated rings. The van der Waals surface area contributed by atoms with E-state index in [1.54, 1.807) is 21.3 Å². The fourth-order valence-electron chi connectivity index (χ4n) is 4.42. The molecule has 150 valence electrons. The van der Waals surface area contributed by atoms with Gasteiger partial charge in [-0.05, 0) is 51.4 Å². The predicted octanol–water partition coefficient (Wildman–Crippen LogP) is 1.18. The molecule has 0 spiro atoms. The van der Waals surface area contributed by atoms with E-state index in [9.17, 15) is 0 Å². The molecule has 0 bridgehead atoms. The molecule has 2 atom stereocenters. The number of hydrogen-bond acceptors (Lipinski definition) is 5. The number of ether oxygens (including phenoxy) is 2. The second-order valence-corrected chi connectivity index (χ2v) is 14.7. The Hall–Kier alpha value is 0.451. The van der Waals surface area contributed by atoms with Gasteiger partial charge in [0.1, 0.15) is 0 Å². The average Bonchev–Trinajstić information content (AvgIpc) is 2.57. The molecule has 0 amide bonds. The van der Waals surface area contributed by atoms with Crippen LogP contribution in [0.4, 0.5) is 0 Å². The van der Waals surface area contributed by atoms with E-state index in [1.165, 1.54) is 25.7 Å². The third-order valence-electron chi connectivity index (χ3n) is 5.81. The van der Waals surface area contributed by atoms with Crippen molar-refractivity contribution in [2.24, 2.45) is 0 Å². The van der Waals surface area contributed by atoms with Gasteiger partial charge in [-0.25, -0.2) is 0 Å². The molecule has 0 N–H and O–H groups in total. The van der Waals surface area contributed by atoms with Crippen LogP contribution < -0.4 is 0 Å². The fourth-order valence-corrected chi connectivity index (χ4v) is 10.2. The summed E-state index contributed by atoms with van der Waals surface area (Å²) in [6.07, 6.45) is 9.18. The topological polar surface area (TPSA) is 46.2 Å². The van der Waals surface area contributed by atoms with Crippen molar-refractivity contribution in [3.8, 4) is 0 Å².